The number of nitrogens with zero attached hydrogens (tertiary/aromatic N) is 2. The zero-order valence-corrected chi connectivity index (χ0v) is 13.8. The summed E-state index contributed by atoms with van der Waals surface area (Å²) in [6, 6.07) is 5.84. The standard InChI is InChI=1S/C16H15N3O4S/c1-22-14(20)8-13-15(21)18-16(24-13)19-17-9-10-4-5-12-11(7-10)3-2-6-23-12/h4-5,7-9H,2-3,6H2,1H3,(H,18,19,21)/b13-8+,17-9?. The second-order valence-corrected chi connectivity index (χ2v) is 6.09. The molecule has 1 N–H and O–H groups in total. The number of hydrogen-bond acceptors (Lipinski definition) is 7. The first kappa shape index (κ1) is 16.3. The van der Waals surface area contributed by atoms with E-state index in [0.29, 0.717) is 5.17 Å². The number of carbonyl (C=O) groups excluding carboxylic acids is 2. The van der Waals surface area contributed by atoms with Crippen LogP contribution in [0, 0.1) is 0 Å². The first-order valence-electron chi connectivity index (χ1n) is 7.31. The maximum atomic E-state index is 11.7. The molecule has 0 saturated carbocycles. The first-order chi connectivity index (χ1) is 11.7. The van der Waals surface area contributed by atoms with Crippen LogP contribution in [-0.2, 0) is 20.7 Å². The molecule has 124 valence electrons. The van der Waals surface area contributed by atoms with Crippen molar-refractivity contribution in [3.05, 3.63) is 40.3 Å². The zero-order chi connectivity index (χ0) is 16.9. The Kier molecular flexibility index (Phi) is 4.95. The van der Waals surface area contributed by atoms with Crippen LogP contribution in [0.25, 0.3) is 0 Å². The highest BCUT2D eigenvalue weighted by molar-refractivity contribution is 8.18. The molecule has 1 saturated heterocycles. The molecule has 0 atom stereocenters. The number of amidine groups is 1. The Morgan fingerprint density at radius 1 is 1.46 bits per heavy atom. The third-order valence-corrected chi connectivity index (χ3v) is 4.29. The zero-order valence-electron chi connectivity index (χ0n) is 12.9. The van der Waals surface area contributed by atoms with Crippen molar-refractivity contribution in [2.45, 2.75) is 12.8 Å². The summed E-state index contributed by atoms with van der Waals surface area (Å²) in [5, 5.41) is 10.8. The van der Waals surface area contributed by atoms with Crippen LogP contribution in [0.1, 0.15) is 17.5 Å². The molecule has 0 bridgehead atoms. The van der Waals surface area contributed by atoms with Gasteiger partial charge in [-0.05, 0) is 53.9 Å². The number of esters is 1. The van der Waals surface area contributed by atoms with Crippen LogP contribution in [0.5, 0.6) is 5.75 Å². The molecule has 0 radical (unpaired) electrons. The predicted octanol–water partition coefficient (Wildman–Crippen LogP) is 1.62. The van der Waals surface area contributed by atoms with E-state index >= 15 is 0 Å². The van der Waals surface area contributed by atoms with Gasteiger partial charge in [0.25, 0.3) is 5.91 Å². The van der Waals surface area contributed by atoms with Gasteiger partial charge in [0, 0.05) is 6.08 Å². The van der Waals surface area contributed by atoms with E-state index in [0.717, 1.165) is 54.2 Å². The molecular weight excluding hydrogens is 330 g/mol. The third kappa shape index (κ3) is 3.83. The van der Waals surface area contributed by atoms with Crippen molar-refractivity contribution >= 4 is 35.0 Å². The Morgan fingerprint density at radius 2 is 2.33 bits per heavy atom. The van der Waals surface area contributed by atoms with Gasteiger partial charge in [-0.1, -0.05) is 0 Å². The van der Waals surface area contributed by atoms with Crippen molar-refractivity contribution in [1.29, 1.82) is 0 Å². The Morgan fingerprint density at radius 3 is 3.17 bits per heavy atom. The smallest absolute Gasteiger partial charge is 0.331 e. The SMILES string of the molecule is COC(=O)/C=C1/S/C(=N\N=Cc2ccc3c(c2)CCCO3)NC1=O. The van der Waals surface area contributed by atoms with E-state index in [2.05, 4.69) is 20.3 Å². The topological polar surface area (TPSA) is 89.3 Å². The van der Waals surface area contributed by atoms with Gasteiger partial charge < -0.3 is 9.47 Å². The molecule has 3 rings (SSSR count). The largest absolute Gasteiger partial charge is 0.493 e. The van der Waals surface area contributed by atoms with Crippen molar-refractivity contribution in [1.82, 2.24) is 5.32 Å². The number of hydrogen-bond donors (Lipinski definition) is 1. The monoisotopic (exact) mass is 345 g/mol. The van der Waals surface area contributed by atoms with E-state index in [-0.39, 0.29) is 4.91 Å². The van der Waals surface area contributed by atoms with E-state index in [1.807, 2.05) is 18.2 Å². The lowest BCUT2D eigenvalue weighted by Gasteiger charge is -2.16. The molecule has 2 aliphatic rings. The first-order valence-corrected chi connectivity index (χ1v) is 8.13. The molecule has 1 amide bonds. The fourth-order valence-electron chi connectivity index (χ4n) is 2.25. The summed E-state index contributed by atoms with van der Waals surface area (Å²) in [7, 11) is 1.25. The van der Waals surface area contributed by atoms with E-state index < -0.39 is 11.9 Å². The molecule has 1 aromatic carbocycles. The lowest BCUT2D eigenvalue weighted by Crippen LogP contribution is -2.19. The summed E-state index contributed by atoms with van der Waals surface area (Å²) >= 11 is 1.04. The van der Waals surface area contributed by atoms with Gasteiger partial charge in [-0.3, -0.25) is 10.1 Å². The molecule has 8 heteroatoms. The lowest BCUT2D eigenvalue weighted by atomic mass is 10.0. The Labute approximate surface area is 142 Å². The summed E-state index contributed by atoms with van der Waals surface area (Å²) in [5.41, 5.74) is 2.06. The van der Waals surface area contributed by atoms with E-state index in [4.69, 9.17) is 4.74 Å². The van der Waals surface area contributed by atoms with Gasteiger partial charge in [0.1, 0.15) is 5.75 Å². The van der Waals surface area contributed by atoms with E-state index in [1.54, 1.807) is 6.21 Å². The normalized spacial score (nSPS) is 20.1. The number of methoxy groups -OCH3 is 1. The van der Waals surface area contributed by atoms with Crippen LogP contribution >= 0.6 is 11.8 Å². The second kappa shape index (κ2) is 7.31. The number of rotatable bonds is 3. The van der Waals surface area contributed by atoms with Gasteiger partial charge in [-0.15, -0.1) is 5.10 Å². The second-order valence-electron chi connectivity index (χ2n) is 5.06. The van der Waals surface area contributed by atoms with Crippen LogP contribution in [0.4, 0.5) is 0 Å². The number of ether oxygens (including phenoxy) is 2. The van der Waals surface area contributed by atoms with Gasteiger partial charge in [0.2, 0.25) is 0 Å². The molecule has 7 nitrogen and oxygen atoms in total. The number of fused-ring (bicyclic) bond motifs is 1. The van der Waals surface area contributed by atoms with Crippen molar-refractivity contribution in [3.8, 4) is 5.75 Å². The number of benzene rings is 1. The molecule has 1 aromatic rings. The van der Waals surface area contributed by atoms with Crippen LogP contribution in [0.15, 0.2) is 39.4 Å². The molecule has 24 heavy (non-hydrogen) atoms. The number of nitrogens with one attached hydrogen (secondary N) is 1. The molecule has 0 spiro atoms. The van der Waals surface area contributed by atoms with Gasteiger partial charge >= 0.3 is 5.97 Å². The molecular formula is C16H15N3O4S. The van der Waals surface area contributed by atoms with Crippen LogP contribution < -0.4 is 10.1 Å². The third-order valence-electron chi connectivity index (χ3n) is 3.39. The van der Waals surface area contributed by atoms with Crippen molar-refractivity contribution in [2.24, 2.45) is 10.2 Å². The van der Waals surface area contributed by atoms with Gasteiger partial charge in [0.15, 0.2) is 5.17 Å². The van der Waals surface area contributed by atoms with Crippen molar-refractivity contribution in [3.63, 3.8) is 0 Å². The summed E-state index contributed by atoms with van der Waals surface area (Å²) in [6.07, 6.45) is 4.72. The summed E-state index contributed by atoms with van der Waals surface area (Å²) in [6.45, 7) is 0.756. The average Bonchev–Trinajstić information content (AvgIpc) is 2.94. The minimum atomic E-state index is -0.589. The van der Waals surface area contributed by atoms with Crippen LogP contribution in [0.2, 0.25) is 0 Å². The van der Waals surface area contributed by atoms with Gasteiger partial charge in [-0.2, -0.15) is 5.10 Å². The average molecular weight is 345 g/mol. The molecule has 2 aliphatic heterocycles. The van der Waals surface area contributed by atoms with E-state index in [1.165, 1.54) is 7.11 Å². The molecule has 0 unspecified atom stereocenters. The number of thioether (sulfide) groups is 1. The molecule has 1 fully saturated rings. The highest BCUT2D eigenvalue weighted by Crippen LogP contribution is 2.25. The van der Waals surface area contributed by atoms with Crippen LogP contribution in [-0.4, -0.2) is 37.0 Å². The summed E-state index contributed by atoms with van der Waals surface area (Å²) in [4.78, 5) is 23.1. The Bertz CT molecular complexity index is 771. The lowest BCUT2D eigenvalue weighted by molar-refractivity contribution is -0.135. The highest BCUT2D eigenvalue weighted by atomic mass is 32.2. The van der Waals surface area contributed by atoms with Gasteiger partial charge in [-0.25, -0.2) is 4.79 Å². The molecule has 2 heterocycles. The Hall–Kier alpha value is -2.61. The van der Waals surface area contributed by atoms with Gasteiger partial charge in [0.05, 0.1) is 24.8 Å². The number of amides is 1. The molecule has 0 aromatic heterocycles. The maximum absolute atomic E-state index is 11.7. The van der Waals surface area contributed by atoms with Crippen molar-refractivity contribution < 1.29 is 19.1 Å². The quantitative estimate of drug-likeness (QED) is 0.389. The molecule has 0 aliphatic carbocycles. The summed E-state index contributed by atoms with van der Waals surface area (Å²) in [5.74, 6) is -0.0696. The Balaban J connectivity index is 1.68. The van der Waals surface area contributed by atoms with Crippen molar-refractivity contribution in [2.75, 3.05) is 13.7 Å². The minimum absolute atomic E-state index is 0.224. The fourth-order valence-corrected chi connectivity index (χ4v) is 2.99. The minimum Gasteiger partial charge on any atom is -0.493 e. The highest BCUT2D eigenvalue weighted by Gasteiger charge is 2.25. The number of aryl methyl sites for hydroxylation is 1. The fraction of sp³-hybridized carbons (Fsp3) is 0.250. The maximum Gasteiger partial charge on any atom is 0.331 e. The number of carbonyl (C=O) groups is 2. The van der Waals surface area contributed by atoms with E-state index in [9.17, 15) is 9.59 Å². The summed E-state index contributed by atoms with van der Waals surface area (Å²) < 4.78 is 10.1. The predicted molar refractivity (Wildman–Crippen MR) is 91.1 cm³/mol. The van der Waals surface area contributed by atoms with Crippen LogP contribution in [0.3, 0.4) is 0 Å².